The summed E-state index contributed by atoms with van der Waals surface area (Å²) in [6.07, 6.45) is 2.65. The minimum absolute atomic E-state index is 0.128. The number of hydrogen-bond acceptors (Lipinski definition) is 3. The summed E-state index contributed by atoms with van der Waals surface area (Å²) >= 11 is 0. The van der Waals surface area contributed by atoms with E-state index >= 15 is 0 Å². The number of hydrogen-bond donors (Lipinski definition) is 0. The van der Waals surface area contributed by atoms with Gasteiger partial charge in [0.25, 0.3) is 0 Å². The molecule has 0 N–H and O–H groups in total. The molecule has 1 aliphatic rings. The smallest absolute Gasteiger partial charge is 0.146 e. The van der Waals surface area contributed by atoms with Crippen molar-refractivity contribution < 1.29 is 8.81 Å². The van der Waals surface area contributed by atoms with Crippen LogP contribution in [0.1, 0.15) is 5.76 Å². The number of benzene rings is 1. The van der Waals surface area contributed by atoms with E-state index in [2.05, 4.69) is 9.80 Å². The molecule has 106 valence electrons. The third-order valence-electron chi connectivity index (χ3n) is 3.82. The van der Waals surface area contributed by atoms with Crippen LogP contribution in [0.3, 0.4) is 0 Å². The van der Waals surface area contributed by atoms with E-state index in [1.807, 2.05) is 24.3 Å². The molecule has 1 aromatic carbocycles. The predicted molar refractivity (Wildman–Crippen MR) is 77.5 cm³/mol. The van der Waals surface area contributed by atoms with E-state index in [1.165, 1.54) is 6.07 Å². The van der Waals surface area contributed by atoms with Crippen molar-refractivity contribution in [1.82, 2.24) is 4.90 Å². The van der Waals surface area contributed by atoms with Crippen LogP contribution in [-0.2, 0) is 6.42 Å². The second-order valence-electron chi connectivity index (χ2n) is 5.11. The molecule has 4 heteroatoms. The molecule has 0 amide bonds. The topological polar surface area (TPSA) is 19.6 Å². The summed E-state index contributed by atoms with van der Waals surface area (Å²) in [6, 6.07) is 10.9. The SMILES string of the molecule is Fc1ccccc1N1CCN(CCc2ccco2)CC1. The van der Waals surface area contributed by atoms with E-state index in [0.29, 0.717) is 0 Å². The van der Waals surface area contributed by atoms with Crippen molar-refractivity contribution >= 4 is 5.69 Å². The van der Waals surface area contributed by atoms with Crippen molar-refractivity contribution in [3.63, 3.8) is 0 Å². The number of anilines is 1. The maximum Gasteiger partial charge on any atom is 0.146 e. The number of halogens is 1. The van der Waals surface area contributed by atoms with E-state index < -0.39 is 0 Å². The third kappa shape index (κ3) is 3.02. The van der Waals surface area contributed by atoms with Crippen molar-refractivity contribution in [2.75, 3.05) is 37.6 Å². The summed E-state index contributed by atoms with van der Waals surface area (Å²) in [5, 5.41) is 0. The van der Waals surface area contributed by atoms with Crippen LogP contribution in [0.4, 0.5) is 10.1 Å². The highest BCUT2D eigenvalue weighted by atomic mass is 19.1. The second-order valence-corrected chi connectivity index (χ2v) is 5.11. The fourth-order valence-electron chi connectivity index (χ4n) is 2.64. The Bertz CT molecular complexity index is 533. The maximum atomic E-state index is 13.7. The van der Waals surface area contributed by atoms with Crippen LogP contribution in [0, 0.1) is 5.82 Å². The van der Waals surface area contributed by atoms with E-state index in [4.69, 9.17) is 4.42 Å². The number of piperazine rings is 1. The van der Waals surface area contributed by atoms with Crippen molar-refractivity contribution in [1.29, 1.82) is 0 Å². The lowest BCUT2D eigenvalue weighted by Gasteiger charge is -2.36. The molecule has 0 bridgehead atoms. The first-order valence-electron chi connectivity index (χ1n) is 7.07. The normalized spacial score (nSPS) is 16.6. The molecule has 1 aliphatic heterocycles. The van der Waals surface area contributed by atoms with Crippen LogP contribution in [0.25, 0.3) is 0 Å². The van der Waals surface area contributed by atoms with Gasteiger partial charge in [0.05, 0.1) is 12.0 Å². The zero-order chi connectivity index (χ0) is 13.8. The quantitative estimate of drug-likeness (QED) is 0.854. The second kappa shape index (κ2) is 6.09. The van der Waals surface area contributed by atoms with Crippen LogP contribution >= 0.6 is 0 Å². The van der Waals surface area contributed by atoms with E-state index in [0.717, 1.165) is 50.6 Å². The molecule has 2 aromatic rings. The molecular formula is C16H19FN2O. The van der Waals surface area contributed by atoms with Gasteiger partial charge in [0.2, 0.25) is 0 Å². The first kappa shape index (κ1) is 13.2. The highest BCUT2D eigenvalue weighted by molar-refractivity contribution is 5.47. The van der Waals surface area contributed by atoms with Gasteiger partial charge in [0.1, 0.15) is 11.6 Å². The molecule has 1 fully saturated rings. The van der Waals surface area contributed by atoms with Crippen molar-refractivity contribution in [2.24, 2.45) is 0 Å². The minimum atomic E-state index is -0.128. The summed E-state index contributed by atoms with van der Waals surface area (Å²) in [5.74, 6) is 0.901. The molecule has 1 aromatic heterocycles. The van der Waals surface area contributed by atoms with Gasteiger partial charge in [-0.2, -0.15) is 0 Å². The molecule has 0 aliphatic carbocycles. The summed E-state index contributed by atoms with van der Waals surface area (Å²) in [7, 11) is 0. The lowest BCUT2D eigenvalue weighted by atomic mass is 10.2. The van der Waals surface area contributed by atoms with E-state index in [-0.39, 0.29) is 5.82 Å². The standard InChI is InChI=1S/C16H19FN2O/c17-15-5-1-2-6-16(15)19-11-9-18(10-12-19)8-7-14-4-3-13-20-14/h1-6,13H,7-12H2. The molecule has 0 unspecified atom stereocenters. The summed E-state index contributed by atoms with van der Waals surface area (Å²) < 4.78 is 19.1. The highest BCUT2D eigenvalue weighted by Crippen LogP contribution is 2.20. The Morgan fingerprint density at radius 2 is 1.80 bits per heavy atom. The molecule has 1 saturated heterocycles. The van der Waals surface area contributed by atoms with Crippen molar-refractivity contribution in [3.05, 3.63) is 54.2 Å². The number of para-hydroxylation sites is 1. The Kier molecular flexibility index (Phi) is 4.02. The zero-order valence-corrected chi connectivity index (χ0v) is 11.5. The molecule has 20 heavy (non-hydrogen) atoms. The Morgan fingerprint density at radius 1 is 1.00 bits per heavy atom. The average Bonchev–Trinajstić information content (AvgIpc) is 3.00. The van der Waals surface area contributed by atoms with E-state index in [1.54, 1.807) is 12.3 Å². The van der Waals surface area contributed by atoms with Gasteiger partial charge in [-0.3, -0.25) is 4.90 Å². The Hall–Kier alpha value is -1.81. The van der Waals surface area contributed by atoms with Gasteiger partial charge in [-0.1, -0.05) is 12.1 Å². The van der Waals surface area contributed by atoms with Crippen LogP contribution in [-0.4, -0.2) is 37.6 Å². The van der Waals surface area contributed by atoms with Gasteiger partial charge >= 0.3 is 0 Å². The molecule has 0 saturated carbocycles. The first-order valence-corrected chi connectivity index (χ1v) is 7.07. The number of furan rings is 1. The monoisotopic (exact) mass is 274 g/mol. The molecule has 2 heterocycles. The van der Waals surface area contributed by atoms with E-state index in [9.17, 15) is 4.39 Å². The van der Waals surface area contributed by atoms with Gasteiger partial charge in [0, 0.05) is 39.1 Å². The van der Waals surface area contributed by atoms with Crippen LogP contribution in [0.5, 0.6) is 0 Å². The molecule has 3 rings (SSSR count). The minimum Gasteiger partial charge on any atom is -0.469 e. The third-order valence-corrected chi connectivity index (χ3v) is 3.82. The predicted octanol–water partition coefficient (Wildman–Crippen LogP) is 2.78. The molecule has 0 radical (unpaired) electrons. The lowest BCUT2D eigenvalue weighted by molar-refractivity contribution is 0.254. The fourth-order valence-corrected chi connectivity index (χ4v) is 2.64. The summed E-state index contributed by atoms with van der Waals surface area (Å²) in [5.41, 5.74) is 0.721. The number of rotatable bonds is 4. The van der Waals surface area contributed by atoms with Gasteiger partial charge in [-0.15, -0.1) is 0 Å². The van der Waals surface area contributed by atoms with Crippen LogP contribution < -0.4 is 4.90 Å². The molecule has 0 spiro atoms. The summed E-state index contributed by atoms with van der Waals surface area (Å²) in [6.45, 7) is 4.68. The lowest BCUT2D eigenvalue weighted by Crippen LogP contribution is -2.47. The molecule has 3 nitrogen and oxygen atoms in total. The zero-order valence-electron chi connectivity index (χ0n) is 11.5. The van der Waals surface area contributed by atoms with Gasteiger partial charge in [-0.05, 0) is 24.3 Å². The summed E-state index contributed by atoms with van der Waals surface area (Å²) in [4.78, 5) is 4.53. The molecular weight excluding hydrogens is 255 g/mol. The highest BCUT2D eigenvalue weighted by Gasteiger charge is 2.19. The Labute approximate surface area is 118 Å². The fraction of sp³-hybridized carbons (Fsp3) is 0.375. The Balaban J connectivity index is 1.51. The maximum absolute atomic E-state index is 13.7. The Morgan fingerprint density at radius 3 is 2.50 bits per heavy atom. The average molecular weight is 274 g/mol. The van der Waals surface area contributed by atoms with Crippen LogP contribution in [0.15, 0.2) is 47.1 Å². The number of nitrogens with zero attached hydrogens (tertiary/aromatic N) is 2. The van der Waals surface area contributed by atoms with Gasteiger partial charge < -0.3 is 9.32 Å². The largest absolute Gasteiger partial charge is 0.469 e. The van der Waals surface area contributed by atoms with Gasteiger partial charge in [-0.25, -0.2) is 4.39 Å². The van der Waals surface area contributed by atoms with Crippen LogP contribution in [0.2, 0.25) is 0 Å². The van der Waals surface area contributed by atoms with Crippen molar-refractivity contribution in [3.8, 4) is 0 Å². The molecule has 0 atom stereocenters. The first-order chi connectivity index (χ1) is 9.83. The van der Waals surface area contributed by atoms with Gasteiger partial charge in [0.15, 0.2) is 0 Å². The van der Waals surface area contributed by atoms with Crippen molar-refractivity contribution in [2.45, 2.75) is 6.42 Å².